The van der Waals surface area contributed by atoms with Crippen molar-refractivity contribution in [2.75, 3.05) is 0 Å². The van der Waals surface area contributed by atoms with Crippen molar-refractivity contribution in [3.05, 3.63) is 106 Å². The van der Waals surface area contributed by atoms with Crippen LogP contribution in [0.15, 0.2) is 98.8 Å². The highest BCUT2D eigenvalue weighted by molar-refractivity contribution is 7.98. The zero-order valence-electron chi connectivity index (χ0n) is 16.9. The van der Waals surface area contributed by atoms with E-state index in [2.05, 4.69) is 46.5 Å². The Labute approximate surface area is 179 Å². The quantitative estimate of drug-likeness (QED) is 0.289. The van der Waals surface area contributed by atoms with Crippen molar-refractivity contribution < 1.29 is 0 Å². The summed E-state index contributed by atoms with van der Waals surface area (Å²) in [4.78, 5) is 14.2. The van der Waals surface area contributed by atoms with Crippen LogP contribution in [0.4, 0.5) is 11.4 Å². The number of para-hydroxylation sites is 1. The van der Waals surface area contributed by atoms with Crippen LogP contribution in [0.1, 0.15) is 16.8 Å². The Morgan fingerprint density at radius 1 is 0.867 bits per heavy atom. The van der Waals surface area contributed by atoms with Gasteiger partial charge in [-0.25, -0.2) is 4.68 Å². The molecule has 0 fully saturated rings. The predicted molar refractivity (Wildman–Crippen MR) is 122 cm³/mol. The number of thioether (sulfide) groups is 1. The average Bonchev–Trinajstić information content (AvgIpc) is 3.08. The molecular weight excluding hydrogens is 392 g/mol. The number of aromatic amines is 1. The average molecular weight is 415 g/mol. The van der Waals surface area contributed by atoms with Gasteiger partial charge in [0.15, 0.2) is 5.69 Å². The smallest absolute Gasteiger partial charge is 0.292 e. The lowest BCUT2D eigenvalue weighted by atomic mass is 10.2. The lowest BCUT2D eigenvalue weighted by molar-refractivity contribution is 0.833. The second kappa shape index (κ2) is 8.97. The number of H-pyrrole nitrogens is 1. The molecule has 0 radical (unpaired) electrons. The van der Waals surface area contributed by atoms with Gasteiger partial charge in [0.25, 0.3) is 5.56 Å². The lowest BCUT2D eigenvalue weighted by Crippen LogP contribution is -2.13. The van der Waals surface area contributed by atoms with Gasteiger partial charge in [0.1, 0.15) is 0 Å². The third-order valence-corrected chi connectivity index (χ3v) is 5.66. The van der Waals surface area contributed by atoms with Gasteiger partial charge < -0.3 is 0 Å². The molecule has 1 heterocycles. The minimum Gasteiger partial charge on any atom is -0.292 e. The Balaban J connectivity index is 1.69. The van der Waals surface area contributed by atoms with Gasteiger partial charge in [0, 0.05) is 10.6 Å². The minimum absolute atomic E-state index is 0.211. The van der Waals surface area contributed by atoms with Gasteiger partial charge in [-0.15, -0.1) is 16.9 Å². The molecule has 0 unspecified atom stereocenters. The van der Waals surface area contributed by atoms with E-state index in [1.165, 1.54) is 10.2 Å². The van der Waals surface area contributed by atoms with Crippen molar-refractivity contribution in [3.8, 4) is 5.69 Å². The van der Waals surface area contributed by atoms with E-state index in [0.717, 1.165) is 27.5 Å². The number of aromatic nitrogens is 2. The summed E-state index contributed by atoms with van der Waals surface area (Å²) < 4.78 is 1.52. The molecule has 4 rings (SSSR count). The highest BCUT2D eigenvalue weighted by Crippen LogP contribution is 2.27. The van der Waals surface area contributed by atoms with Crippen molar-refractivity contribution in [3.63, 3.8) is 0 Å². The van der Waals surface area contributed by atoms with E-state index in [0.29, 0.717) is 11.4 Å². The van der Waals surface area contributed by atoms with Gasteiger partial charge in [-0.3, -0.25) is 9.89 Å². The summed E-state index contributed by atoms with van der Waals surface area (Å²) in [5, 5.41) is 11.9. The molecule has 0 atom stereocenters. The molecule has 0 saturated heterocycles. The SMILES string of the molecule is Cc1ccc(SCc2[nH]n(-c3ccccc3)c(=O)c2N=Nc2cccc(C)c2)cc1. The Bertz CT molecular complexity index is 1220. The number of nitrogens with one attached hydrogen (secondary N) is 1. The number of hydrogen-bond acceptors (Lipinski definition) is 4. The Kier molecular flexibility index (Phi) is 5.95. The second-order valence-corrected chi connectivity index (χ2v) is 8.10. The normalized spacial score (nSPS) is 11.3. The summed E-state index contributed by atoms with van der Waals surface area (Å²) >= 11 is 1.65. The molecule has 0 aliphatic rings. The maximum Gasteiger partial charge on any atom is 0.299 e. The van der Waals surface area contributed by atoms with Gasteiger partial charge >= 0.3 is 0 Å². The predicted octanol–water partition coefficient (Wildman–Crippen LogP) is 6.49. The van der Waals surface area contributed by atoms with E-state index < -0.39 is 0 Å². The molecule has 3 aromatic carbocycles. The molecule has 0 aliphatic carbocycles. The summed E-state index contributed by atoms with van der Waals surface area (Å²) in [7, 11) is 0. The van der Waals surface area contributed by atoms with Crippen LogP contribution in [0.5, 0.6) is 0 Å². The van der Waals surface area contributed by atoms with E-state index in [1.54, 1.807) is 11.8 Å². The zero-order chi connectivity index (χ0) is 20.9. The summed E-state index contributed by atoms with van der Waals surface area (Å²) in [6.45, 7) is 4.07. The molecule has 0 saturated carbocycles. The summed E-state index contributed by atoms with van der Waals surface area (Å²) in [5.74, 6) is 0.584. The molecule has 0 spiro atoms. The summed E-state index contributed by atoms with van der Waals surface area (Å²) in [6, 6.07) is 25.6. The van der Waals surface area contributed by atoms with E-state index in [1.807, 2.05) is 61.5 Å². The molecular formula is C24H22N4OS. The van der Waals surface area contributed by atoms with Gasteiger partial charge in [-0.1, -0.05) is 48.0 Å². The third-order valence-electron chi connectivity index (χ3n) is 4.62. The van der Waals surface area contributed by atoms with E-state index in [-0.39, 0.29) is 5.56 Å². The van der Waals surface area contributed by atoms with Gasteiger partial charge in [-0.05, 0) is 55.8 Å². The molecule has 1 N–H and O–H groups in total. The topological polar surface area (TPSA) is 62.5 Å². The van der Waals surface area contributed by atoms with Crippen LogP contribution in [0, 0.1) is 13.8 Å². The van der Waals surface area contributed by atoms with Crippen molar-refractivity contribution in [1.29, 1.82) is 0 Å². The number of benzene rings is 3. The first kappa shape index (κ1) is 19.9. The van der Waals surface area contributed by atoms with Crippen LogP contribution in [-0.4, -0.2) is 9.78 Å². The minimum atomic E-state index is -0.211. The molecule has 4 aromatic rings. The van der Waals surface area contributed by atoms with Crippen LogP contribution in [0.3, 0.4) is 0 Å². The number of rotatable bonds is 6. The second-order valence-electron chi connectivity index (χ2n) is 7.06. The number of aryl methyl sites for hydroxylation is 2. The number of hydrogen-bond donors (Lipinski definition) is 1. The van der Waals surface area contributed by atoms with Crippen LogP contribution in [0.2, 0.25) is 0 Å². The van der Waals surface area contributed by atoms with Crippen molar-refractivity contribution in [1.82, 2.24) is 9.78 Å². The standard InChI is InChI=1S/C24H22N4OS/c1-17-11-13-21(14-12-17)30-16-22-23(26-25-19-8-6-7-18(2)15-19)24(29)28(27-22)20-9-4-3-5-10-20/h3-15,27H,16H2,1-2H3. The fourth-order valence-electron chi connectivity index (χ4n) is 3.02. The van der Waals surface area contributed by atoms with Gasteiger partial charge in [0.05, 0.1) is 17.1 Å². The summed E-state index contributed by atoms with van der Waals surface area (Å²) in [6.07, 6.45) is 0. The van der Waals surface area contributed by atoms with Gasteiger partial charge in [0.2, 0.25) is 0 Å². The maximum absolute atomic E-state index is 13.1. The largest absolute Gasteiger partial charge is 0.299 e. The van der Waals surface area contributed by atoms with Crippen LogP contribution in [0.25, 0.3) is 5.69 Å². The first-order chi connectivity index (χ1) is 14.6. The summed E-state index contributed by atoms with van der Waals surface area (Å²) in [5.41, 5.74) is 4.66. The van der Waals surface area contributed by atoms with Gasteiger partial charge in [-0.2, -0.15) is 5.11 Å². The number of nitrogens with zero attached hydrogens (tertiary/aromatic N) is 3. The monoisotopic (exact) mass is 414 g/mol. The van der Waals surface area contributed by atoms with Crippen LogP contribution in [-0.2, 0) is 5.75 Å². The van der Waals surface area contributed by atoms with Crippen molar-refractivity contribution in [2.24, 2.45) is 10.2 Å². The molecule has 150 valence electrons. The molecule has 0 aliphatic heterocycles. The van der Waals surface area contributed by atoms with E-state index in [9.17, 15) is 4.79 Å². The maximum atomic E-state index is 13.1. The first-order valence-electron chi connectivity index (χ1n) is 9.67. The first-order valence-corrected chi connectivity index (χ1v) is 10.7. The molecule has 1 aromatic heterocycles. The molecule has 6 heteroatoms. The van der Waals surface area contributed by atoms with Crippen LogP contribution >= 0.6 is 11.8 Å². The van der Waals surface area contributed by atoms with E-state index >= 15 is 0 Å². The lowest BCUT2D eigenvalue weighted by Gasteiger charge is -2.02. The Morgan fingerprint density at radius 3 is 2.37 bits per heavy atom. The molecule has 5 nitrogen and oxygen atoms in total. The fraction of sp³-hybridized carbons (Fsp3) is 0.125. The Morgan fingerprint density at radius 2 is 1.63 bits per heavy atom. The van der Waals surface area contributed by atoms with Crippen molar-refractivity contribution in [2.45, 2.75) is 24.5 Å². The number of azo groups is 1. The zero-order valence-corrected chi connectivity index (χ0v) is 17.7. The van der Waals surface area contributed by atoms with Crippen LogP contribution < -0.4 is 5.56 Å². The molecule has 30 heavy (non-hydrogen) atoms. The highest BCUT2D eigenvalue weighted by Gasteiger charge is 2.15. The third kappa shape index (κ3) is 4.60. The molecule has 0 bridgehead atoms. The Hall–Kier alpha value is -3.38. The van der Waals surface area contributed by atoms with E-state index in [4.69, 9.17) is 0 Å². The fourth-order valence-corrected chi connectivity index (χ4v) is 3.87. The highest BCUT2D eigenvalue weighted by atomic mass is 32.2. The molecule has 0 amide bonds. The van der Waals surface area contributed by atoms with Crippen molar-refractivity contribution >= 4 is 23.1 Å².